The molecule has 9 aromatic rings. The van der Waals surface area contributed by atoms with Crippen LogP contribution in [0.2, 0.25) is 0 Å². The third-order valence-corrected chi connectivity index (χ3v) is 10.1. The van der Waals surface area contributed by atoms with Gasteiger partial charge in [-0.3, -0.25) is 0 Å². The highest BCUT2D eigenvalue weighted by Gasteiger charge is 2.17. The molecule has 0 aliphatic rings. The van der Waals surface area contributed by atoms with E-state index in [1.54, 1.807) is 11.3 Å². The van der Waals surface area contributed by atoms with Crippen LogP contribution in [0.1, 0.15) is 0 Å². The maximum absolute atomic E-state index is 5.07. The molecule has 0 bridgehead atoms. The van der Waals surface area contributed by atoms with Gasteiger partial charge in [0.15, 0.2) is 17.5 Å². The first-order valence-electron chi connectivity index (χ1n) is 16.4. The number of fused-ring (bicyclic) bond motifs is 3. The zero-order valence-electron chi connectivity index (χ0n) is 26.5. The standard InChI is InChI=1S/C45H29N3S/c1-4-13-30(14-5-1)33-19-10-20-34(27-33)35-21-11-22-36(28-35)37-25-26-40-39(29-37)42-38(23-12-24-41(42)49-40)45-47-43(31-15-6-2-7-16-31)46-44(48-45)32-17-8-3-9-18-32/h1-29H. The average Bonchev–Trinajstić information content (AvgIpc) is 3.57. The van der Waals surface area contributed by atoms with E-state index >= 15 is 0 Å². The highest BCUT2D eigenvalue weighted by molar-refractivity contribution is 7.26. The molecule has 9 rings (SSSR count). The average molecular weight is 644 g/mol. The van der Waals surface area contributed by atoms with Crippen LogP contribution in [0.3, 0.4) is 0 Å². The predicted molar refractivity (Wildman–Crippen MR) is 205 cm³/mol. The number of nitrogens with zero attached hydrogens (tertiary/aromatic N) is 3. The lowest BCUT2D eigenvalue weighted by Gasteiger charge is -2.10. The first kappa shape index (κ1) is 29.0. The van der Waals surface area contributed by atoms with E-state index < -0.39 is 0 Å². The summed E-state index contributed by atoms with van der Waals surface area (Å²) in [5.74, 6) is 1.99. The Kier molecular flexibility index (Phi) is 7.34. The second-order valence-corrected chi connectivity index (χ2v) is 13.1. The summed E-state index contributed by atoms with van der Waals surface area (Å²) < 4.78 is 2.44. The minimum Gasteiger partial charge on any atom is -0.208 e. The van der Waals surface area contributed by atoms with Crippen molar-refractivity contribution in [2.24, 2.45) is 0 Å². The number of aromatic nitrogens is 3. The molecule has 4 heteroatoms. The number of hydrogen-bond donors (Lipinski definition) is 0. The molecule has 0 fully saturated rings. The highest BCUT2D eigenvalue weighted by atomic mass is 32.1. The monoisotopic (exact) mass is 643 g/mol. The number of rotatable bonds is 6. The second kappa shape index (κ2) is 12.4. The molecular formula is C45H29N3S. The highest BCUT2D eigenvalue weighted by Crippen LogP contribution is 2.41. The molecule has 0 amide bonds. The van der Waals surface area contributed by atoms with Crippen molar-refractivity contribution >= 4 is 31.5 Å². The lowest BCUT2D eigenvalue weighted by molar-refractivity contribution is 1.08. The molecule has 2 aromatic heterocycles. The van der Waals surface area contributed by atoms with Gasteiger partial charge < -0.3 is 0 Å². The van der Waals surface area contributed by atoms with Crippen molar-refractivity contribution in [2.75, 3.05) is 0 Å². The largest absolute Gasteiger partial charge is 0.208 e. The summed E-state index contributed by atoms with van der Waals surface area (Å²) in [6.07, 6.45) is 0. The Morgan fingerprint density at radius 3 is 1.33 bits per heavy atom. The fraction of sp³-hybridized carbons (Fsp3) is 0. The third kappa shape index (κ3) is 5.58. The molecule has 0 atom stereocenters. The van der Waals surface area contributed by atoms with Gasteiger partial charge >= 0.3 is 0 Å². The Bertz CT molecular complexity index is 2540. The van der Waals surface area contributed by atoms with Crippen LogP contribution in [-0.2, 0) is 0 Å². The van der Waals surface area contributed by atoms with Crippen molar-refractivity contribution in [3.63, 3.8) is 0 Å². The van der Waals surface area contributed by atoms with E-state index in [-0.39, 0.29) is 0 Å². The van der Waals surface area contributed by atoms with Crippen LogP contribution >= 0.6 is 11.3 Å². The summed E-state index contributed by atoms with van der Waals surface area (Å²) in [7, 11) is 0. The quantitative estimate of drug-likeness (QED) is 0.181. The lowest BCUT2D eigenvalue weighted by Crippen LogP contribution is -2.00. The summed E-state index contributed by atoms with van der Waals surface area (Å²) in [5.41, 5.74) is 10.1. The molecule has 7 aromatic carbocycles. The van der Waals surface area contributed by atoms with Gasteiger partial charge in [0.25, 0.3) is 0 Å². The van der Waals surface area contributed by atoms with E-state index in [9.17, 15) is 0 Å². The minimum absolute atomic E-state index is 0.662. The summed E-state index contributed by atoms with van der Waals surface area (Å²) >= 11 is 1.80. The van der Waals surface area contributed by atoms with E-state index in [1.807, 2.05) is 60.7 Å². The number of thiophene rings is 1. The summed E-state index contributed by atoms with van der Waals surface area (Å²) in [6.45, 7) is 0. The normalized spacial score (nSPS) is 11.3. The molecule has 0 N–H and O–H groups in total. The molecule has 2 heterocycles. The van der Waals surface area contributed by atoms with Crippen LogP contribution in [0.4, 0.5) is 0 Å². The molecule has 49 heavy (non-hydrogen) atoms. The first-order chi connectivity index (χ1) is 24.3. The fourth-order valence-corrected chi connectivity index (χ4v) is 7.62. The van der Waals surface area contributed by atoms with Crippen molar-refractivity contribution in [3.05, 3.63) is 176 Å². The van der Waals surface area contributed by atoms with Crippen molar-refractivity contribution in [1.82, 2.24) is 15.0 Å². The topological polar surface area (TPSA) is 38.7 Å². The summed E-state index contributed by atoms with van der Waals surface area (Å²) in [5, 5.41) is 2.37. The molecular weight excluding hydrogens is 615 g/mol. The van der Waals surface area contributed by atoms with E-state index in [0.717, 1.165) is 16.7 Å². The van der Waals surface area contributed by atoms with Gasteiger partial charge in [0.05, 0.1) is 0 Å². The molecule has 0 aliphatic carbocycles. The number of hydrogen-bond acceptors (Lipinski definition) is 4. The SMILES string of the molecule is c1ccc(-c2cccc(-c3cccc(-c4ccc5sc6cccc(-c7nc(-c8ccccc8)nc(-c8ccccc8)n7)c6c5c4)c3)c2)cc1. The maximum Gasteiger partial charge on any atom is 0.164 e. The molecule has 0 unspecified atom stereocenters. The van der Waals surface area contributed by atoms with E-state index in [4.69, 9.17) is 15.0 Å². The van der Waals surface area contributed by atoms with Gasteiger partial charge in [0, 0.05) is 36.9 Å². The molecule has 0 spiro atoms. The van der Waals surface area contributed by atoms with Crippen LogP contribution in [0, 0.1) is 0 Å². The van der Waals surface area contributed by atoms with Crippen molar-refractivity contribution < 1.29 is 0 Å². The molecule has 0 aliphatic heterocycles. The van der Waals surface area contributed by atoms with Gasteiger partial charge in [-0.1, -0.05) is 146 Å². The van der Waals surface area contributed by atoms with Crippen LogP contribution < -0.4 is 0 Å². The lowest BCUT2D eigenvalue weighted by atomic mass is 9.95. The fourth-order valence-electron chi connectivity index (χ4n) is 6.51. The van der Waals surface area contributed by atoms with E-state index in [2.05, 4.69) is 115 Å². The molecule has 3 nitrogen and oxygen atoms in total. The Hall–Kier alpha value is -6.23. The Balaban J connectivity index is 1.17. The Morgan fingerprint density at radius 1 is 0.306 bits per heavy atom. The summed E-state index contributed by atoms with van der Waals surface area (Å²) in [4.78, 5) is 15.1. The molecule has 0 saturated carbocycles. The third-order valence-electron chi connectivity index (χ3n) is 8.93. The van der Waals surface area contributed by atoms with Crippen LogP contribution in [0.25, 0.3) is 87.7 Å². The van der Waals surface area contributed by atoms with Gasteiger partial charge in [0.1, 0.15) is 0 Å². The smallest absolute Gasteiger partial charge is 0.164 e. The van der Waals surface area contributed by atoms with Gasteiger partial charge in [-0.15, -0.1) is 11.3 Å². The number of benzene rings is 7. The zero-order chi connectivity index (χ0) is 32.6. The molecule has 0 radical (unpaired) electrons. The van der Waals surface area contributed by atoms with Crippen LogP contribution in [0.5, 0.6) is 0 Å². The molecule has 0 saturated heterocycles. The van der Waals surface area contributed by atoms with Crippen molar-refractivity contribution in [3.8, 4) is 67.5 Å². The molecule has 230 valence electrons. The Morgan fingerprint density at radius 2 is 0.755 bits per heavy atom. The van der Waals surface area contributed by atoms with Gasteiger partial charge in [-0.25, -0.2) is 15.0 Å². The second-order valence-electron chi connectivity index (χ2n) is 12.1. The van der Waals surface area contributed by atoms with Gasteiger partial charge in [-0.2, -0.15) is 0 Å². The summed E-state index contributed by atoms with van der Waals surface area (Å²) in [6, 6.07) is 61.7. The Labute approximate surface area is 288 Å². The van der Waals surface area contributed by atoms with E-state index in [1.165, 1.54) is 53.6 Å². The van der Waals surface area contributed by atoms with E-state index in [0.29, 0.717) is 17.5 Å². The van der Waals surface area contributed by atoms with Gasteiger partial charge in [-0.05, 0) is 63.7 Å². The minimum atomic E-state index is 0.662. The van der Waals surface area contributed by atoms with Gasteiger partial charge in [0.2, 0.25) is 0 Å². The van der Waals surface area contributed by atoms with Crippen LogP contribution in [-0.4, -0.2) is 15.0 Å². The van der Waals surface area contributed by atoms with Crippen molar-refractivity contribution in [2.45, 2.75) is 0 Å². The predicted octanol–water partition coefficient (Wildman–Crippen LogP) is 12.2. The zero-order valence-corrected chi connectivity index (χ0v) is 27.3. The maximum atomic E-state index is 5.07. The first-order valence-corrected chi connectivity index (χ1v) is 17.2. The van der Waals surface area contributed by atoms with Crippen LogP contribution in [0.15, 0.2) is 176 Å². The van der Waals surface area contributed by atoms with Crippen molar-refractivity contribution in [1.29, 1.82) is 0 Å².